The molecule has 0 spiro atoms. The summed E-state index contributed by atoms with van der Waals surface area (Å²) in [7, 11) is -0.606. The van der Waals surface area contributed by atoms with Gasteiger partial charge in [0.25, 0.3) is 0 Å². The highest BCUT2D eigenvalue weighted by atomic mass is 32.2. The van der Waals surface area contributed by atoms with E-state index in [1.165, 1.54) is 26.2 Å². The monoisotopic (exact) mass is 372 g/mol. The van der Waals surface area contributed by atoms with Crippen molar-refractivity contribution in [2.75, 3.05) is 19.4 Å². The molecule has 0 saturated carbocycles. The zero-order valence-electron chi connectivity index (χ0n) is 14.6. The summed E-state index contributed by atoms with van der Waals surface area (Å²) in [6.45, 7) is 0. The summed E-state index contributed by atoms with van der Waals surface area (Å²) in [4.78, 5) is 12.3. The number of amides is 1. The summed E-state index contributed by atoms with van der Waals surface area (Å²) >= 11 is 0. The maximum Gasteiger partial charge on any atom is 0.242 e. The molecule has 136 valence electrons. The minimum absolute atomic E-state index is 0.137. The number of fused-ring (bicyclic) bond motifs is 1. The number of nitrogens with zero attached hydrogens (tertiary/aromatic N) is 1. The van der Waals surface area contributed by atoms with Crippen molar-refractivity contribution in [2.45, 2.75) is 17.7 Å². The molecule has 0 bridgehead atoms. The largest absolute Gasteiger partial charge is 0.461 e. The Balaban J connectivity index is 1.65. The number of hydrogen-bond donors (Lipinski definition) is 1. The Labute approximate surface area is 152 Å². The molecule has 1 amide bonds. The predicted octanol–water partition coefficient (Wildman–Crippen LogP) is 3.25. The van der Waals surface area contributed by atoms with Crippen LogP contribution in [0.1, 0.15) is 12.2 Å². The molecule has 1 heterocycles. The average molecular weight is 372 g/mol. The summed E-state index contributed by atoms with van der Waals surface area (Å²) < 4.78 is 31.2. The van der Waals surface area contributed by atoms with E-state index >= 15 is 0 Å². The normalized spacial score (nSPS) is 11.8. The SMILES string of the molecule is CN(C)S(=O)(=O)c1cccc(NC(=O)CCc2cc3ccccc3o2)c1. The molecule has 0 aliphatic carbocycles. The van der Waals surface area contributed by atoms with Crippen molar-refractivity contribution in [3.8, 4) is 0 Å². The second-order valence-electron chi connectivity index (χ2n) is 6.11. The number of hydrogen-bond acceptors (Lipinski definition) is 4. The van der Waals surface area contributed by atoms with Crippen LogP contribution in [0.4, 0.5) is 5.69 Å². The molecule has 0 radical (unpaired) electrons. The highest BCUT2D eigenvalue weighted by Crippen LogP contribution is 2.21. The van der Waals surface area contributed by atoms with Crippen LogP contribution in [0.2, 0.25) is 0 Å². The van der Waals surface area contributed by atoms with Gasteiger partial charge in [-0.05, 0) is 30.3 Å². The van der Waals surface area contributed by atoms with Crippen LogP contribution in [0.3, 0.4) is 0 Å². The Morgan fingerprint density at radius 2 is 1.85 bits per heavy atom. The number of aryl methyl sites for hydroxylation is 1. The second kappa shape index (κ2) is 7.31. The molecule has 0 aliphatic heterocycles. The molecule has 3 rings (SSSR count). The predicted molar refractivity (Wildman–Crippen MR) is 100 cm³/mol. The molecule has 26 heavy (non-hydrogen) atoms. The van der Waals surface area contributed by atoms with E-state index in [4.69, 9.17) is 4.42 Å². The van der Waals surface area contributed by atoms with E-state index in [0.717, 1.165) is 21.0 Å². The molecular formula is C19H20N2O4S. The van der Waals surface area contributed by atoms with E-state index in [0.29, 0.717) is 12.1 Å². The quantitative estimate of drug-likeness (QED) is 0.720. The molecule has 0 atom stereocenters. The van der Waals surface area contributed by atoms with Crippen molar-refractivity contribution in [3.63, 3.8) is 0 Å². The molecule has 0 aliphatic rings. The molecule has 7 heteroatoms. The lowest BCUT2D eigenvalue weighted by Crippen LogP contribution is -2.22. The second-order valence-corrected chi connectivity index (χ2v) is 8.27. The topological polar surface area (TPSA) is 79.6 Å². The van der Waals surface area contributed by atoms with Crippen molar-refractivity contribution in [2.24, 2.45) is 0 Å². The first kappa shape index (κ1) is 18.2. The zero-order valence-corrected chi connectivity index (χ0v) is 15.4. The number of anilines is 1. The minimum atomic E-state index is -3.54. The number of carbonyl (C=O) groups excluding carboxylic acids is 1. The van der Waals surface area contributed by atoms with E-state index in [1.807, 2.05) is 30.3 Å². The van der Waals surface area contributed by atoms with Crippen molar-refractivity contribution in [3.05, 3.63) is 60.4 Å². The molecule has 0 fully saturated rings. The van der Waals surface area contributed by atoms with Crippen molar-refractivity contribution in [1.29, 1.82) is 0 Å². The third kappa shape index (κ3) is 3.95. The number of rotatable bonds is 6. The first-order valence-corrected chi connectivity index (χ1v) is 9.60. The molecule has 1 N–H and O–H groups in total. The molecule has 6 nitrogen and oxygen atoms in total. The van der Waals surface area contributed by atoms with Gasteiger partial charge < -0.3 is 9.73 Å². The Morgan fingerprint density at radius 1 is 1.08 bits per heavy atom. The molecule has 2 aromatic carbocycles. The maximum absolute atomic E-state index is 12.2. The van der Waals surface area contributed by atoms with Crippen LogP contribution in [0.5, 0.6) is 0 Å². The first-order chi connectivity index (χ1) is 12.4. The minimum Gasteiger partial charge on any atom is -0.461 e. The van der Waals surface area contributed by atoms with Gasteiger partial charge >= 0.3 is 0 Å². The number of carbonyl (C=O) groups is 1. The number of nitrogens with one attached hydrogen (secondary N) is 1. The Hall–Kier alpha value is -2.64. The molecule has 3 aromatic rings. The van der Waals surface area contributed by atoms with Gasteiger partial charge in [0.1, 0.15) is 11.3 Å². The van der Waals surface area contributed by atoms with Crippen LogP contribution >= 0.6 is 0 Å². The van der Waals surface area contributed by atoms with Gasteiger partial charge in [0.15, 0.2) is 0 Å². The van der Waals surface area contributed by atoms with Crippen LogP contribution in [-0.2, 0) is 21.2 Å². The lowest BCUT2D eigenvalue weighted by atomic mass is 10.2. The smallest absolute Gasteiger partial charge is 0.242 e. The van der Waals surface area contributed by atoms with Crippen LogP contribution in [0.25, 0.3) is 11.0 Å². The van der Waals surface area contributed by atoms with Crippen LogP contribution < -0.4 is 5.32 Å². The molecule has 1 aromatic heterocycles. The Bertz CT molecular complexity index is 1010. The van der Waals surface area contributed by atoms with Crippen LogP contribution in [0, 0.1) is 0 Å². The number of sulfonamides is 1. The fraction of sp³-hybridized carbons (Fsp3) is 0.211. The zero-order chi connectivity index (χ0) is 18.7. The summed E-state index contributed by atoms with van der Waals surface area (Å²) in [6, 6.07) is 15.8. The number of para-hydroxylation sites is 1. The van der Waals surface area contributed by atoms with E-state index < -0.39 is 10.0 Å². The van der Waals surface area contributed by atoms with E-state index in [2.05, 4.69) is 5.32 Å². The van der Waals surface area contributed by atoms with Gasteiger partial charge in [-0.15, -0.1) is 0 Å². The van der Waals surface area contributed by atoms with Crippen molar-refractivity contribution in [1.82, 2.24) is 4.31 Å². The molecule has 0 unspecified atom stereocenters. The van der Waals surface area contributed by atoms with Gasteiger partial charge in [-0.2, -0.15) is 0 Å². The third-order valence-corrected chi connectivity index (χ3v) is 5.78. The van der Waals surface area contributed by atoms with Gasteiger partial charge in [-0.25, -0.2) is 12.7 Å². The number of benzene rings is 2. The van der Waals surface area contributed by atoms with Gasteiger partial charge in [0.05, 0.1) is 4.90 Å². The average Bonchev–Trinajstić information content (AvgIpc) is 3.03. The van der Waals surface area contributed by atoms with E-state index in [9.17, 15) is 13.2 Å². The summed E-state index contributed by atoms with van der Waals surface area (Å²) in [5, 5.41) is 3.74. The molecule has 0 saturated heterocycles. The van der Waals surface area contributed by atoms with Crippen molar-refractivity contribution >= 4 is 32.6 Å². The van der Waals surface area contributed by atoms with Crippen molar-refractivity contribution < 1.29 is 17.6 Å². The van der Waals surface area contributed by atoms with Crippen LogP contribution in [0.15, 0.2) is 63.9 Å². The highest BCUT2D eigenvalue weighted by Gasteiger charge is 2.17. The standard InChI is InChI=1S/C19H20N2O4S/c1-21(2)26(23,24)17-8-5-7-15(13-17)20-19(22)11-10-16-12-14-6-3-4-9-18(14)25-16/h3-9,12-13H,10-11H2,1-2H3,(H,20,22). The highest BCUT2D eigenvalue weighted by molar-refractivity contribution is 7.89. The molecular weight excluding hydrogens is 352 g/mol. The number of furan rings is 1. The van der Waals surface area contributed by atoms with E-state index in [1.54, 1.807) is 12.1 Å². The lowest BCUT2D eigenvalue weighted by molar-refractivity contribution is -0.116. The fourth-order valence-electron chi connectivity index (χ4n) is 2.57. The first-order valence-electron chi connectivity index (χ1n) is 8.16. The fourth-order valence-corrected chi connectivity index (χ4v) is 3.51. The summed E-state index contributed by atoms with van der Waals surface area (Å²) in [5.41, 5.74) is 1.24. The van der Waals surface area contributed by atoms with Gasteiger partial charge in [0.2, 0.25) is 15.9 Å². The van der Waals surface area contributed by atoms with Crippen LogP contribution in [-0.4, -0.2) is 32.7 Å². The lowest BCUT2D eigenvalue weighted by Gasteiger charge is -2.12. The van der Waals surface area contributed by atoms with Gasteiger partial charge in [0, 0.05) is 38.0 Å². The van der Waals surface area contributed by atoms with Gasteiger partial charge in [-0.3, -0.25) is 4.79 Å². The maximum atomic E-state index is 12.2. The Morgan fingerprint density at radius 3 is 2.58 bits per heavy atom. The van der Waals surface area contributed by atoms with E-state index in [-0.39, 0.29) is 17.2 Å². The summed E-state index contributed by atoms with van der Waals surface area (Å²) in [6.07, 6.45) is 0.709. The Kier molecular flexibility index (Phi) is 5.11. The van der Waals surface area contributed by atoms with Gasteiger partial charge in [-0.1, -0.05) is 24.3 Å². The summed E-state index contributed by atoms with van der Waals surface area (Å²) in [5.74, 6) is 0.537. The third-order valence-electron chi connectivity index (χ3n) is 3.97.